The highest BCUT2D eigenvalue weighted by molar-refractivity contribution is 6.01. The molecule has 1 aliphatic rings. The van der Waals surface area contributed by atoms with Crippen LogP contribution < -0.4 is 11.5 Å². The van der Waals surface area contributed by atoms with E-state index in [9.17, 15) is 9.18 Å². The quantitative estimate of drug-likeness (QED) is 0.761. The lowest BCUT2D eigenvalue weighted by atomic mass is 9.92. The second-order valence-corrected chi connectivity index (χ2v) is 6.61. The Morgan fingerprint density at radius 3 is 2.68 bits per heavy atom. The fraction of sp³-hybridized carbons (Fsp3) is 0.250. The Bertz CT molecular complexity index is 972. The van der Waals surface area contributed by atoms with E-state index in [0.29, 0.717) is 18.2 Å². The first-order valence-corrected chi connectivity index (χ1v) is 8.52. The molecule has 3 aromatic rings. The zero-order valence-electron chi connectivity index (χ0n) is 13.8. The zero-order chi connectivity index (χ0) is 17.6. The third-order valence-corrected chi connectivity index (χ3v) is 5.17. The number of benzene rings is 2. The second-order valence-electron chi connectivity index (χ2n) is 6.61. The van der Waals surface area contributed by atoms with E-state index in [2.05, 4.69) is 10.8 Å². The number of carbonyl (C=O) groups excluding carboxylic acids is 1. The molecule has 128 valence electrons. The van der Waals surface area contributed by atoms with Gasteiger partial charge in [-0.25, -0.2) is 4.39 Å². The summed E-state index contributed by atoms with van der Waals surface area (Å²) in [4.78, 5) is 11.7. The molecular formula is C20H20FN3O. The van der Waals surface area contributed by atoms with Gasteiger partial charge in [0.25, 0.3) is 0 Å². The maximum atomic E-state index is 14.5. The van der Waals surface area contributed by atoms with Gasteiger partial charge in [0.05, 0.1) is 0 Å². The van der Waals surface area contributed by atoms with Crippen molar-refractivity contribution in [2.75, 3.05) is 0 Å². The van der Waals surface area contributed by atoms with Crippen LogP contribution in [0.2, 0.25) is 0 Å². The predicted octanol–water partition coefficient (Wildman–Crippen LogP) is 3.73. The lowest BCUT2D eigenvalue weighted by Crippen LogP contribution is -2.16. The number of rotatable bonds is 4. The number of amides is 1. The number of hydrogen-bond donors (Lipinski definition) is 2. The maximum Gasteiger partial charge on any atom is 0.249 e. The molecule has 0 bridgehead atoms. The van der Waals surface area contributed by atoms with E-state index in [1.165, 1.54) is 18.6 Å². The summed E-state index contributed by atoms with van der Waals surface area (Å²) < 4.78 is 16.7. The van der Waals surface area contributed by atoms with Gasteiger partial charge >= 0.3 is 0 Å². The van der Waals surface area contributed by atoms with Crippen molar-refractivity contribution in [3.05, 3.63) is 59.5 Å². The van der Waals surface area contributed by atoms with E-state index in [-0.39, 0.29) is 11.1 Å². The van der Waals surface area contributed by atoms with Crippen molar-refractivity contribution in [3.63, 3.8) is 0 Å². The topological polar surface area (TPSA) is 74.0 Å². The van der Waals surface area contributed by atoms with Crippen molar-refractivity contribution in [3.8, 4) is 11.1 Å². The molecule has 4 nitrogen and oxygen atoms in total. The summed E-state index contributed by atoms with van der Waals surface area (Å²) in [6.07, 6.45) is 5.62. The second kappa shape index (κ2) is 6.01. The van der Waals surface area contributed by atoms with Crippen molar-refractivity contribution in [1.82, 2.24) is 4.57 Å². The highest BCUT2D eigenvalue weighted by Crippen LogP contribution is 2.38. The highest BCUT2D eigenvalue weighted by atomic mass is 19.1. The van der Waals surface area contributed by atoms with Crippen LogP contribution in [0.25, 0.3) is 22.0 Å². The summed E-state index contributed by atoms with van der Waals surface area (Å²) in [5.74, 6) is -1.08. The molecule has 0 radical (unpaired) electrons. The molecule has 0 saturated heterocycles. The largest absolute Gasteiger partial charge is 0.366 e. The van der Waals surface area contributed by atoms with Crippen LogP contribution in [-0.4, -0.2) is 10.5 Å². The van der Waals surface area contributed by atoms with E-state index in [4.69, 9.17) is 11.5 Å². The summed E-state index contributed by atoms with van der Waals surface area (Å²) in [5.41, 5.74) is 14.5. The molecule has 0 atom stereocenters. The van der Waals surface area contributed by atoms with Crippen molar-refractivity contribution in [2.24, 2.45) is 11.5 Å². The molecule has 1 aromatic heterocycles. The number of primary amides is 1. The van der Waals surface area contributed by atoms with Crippen molar-refractivity contribution < 1.29 is 9.18 Å². The van der Waals surface area contributed by atoms with Crippen molar-refractivity contribution >= 4 is 16.8 Å². The number of carbonyl (C=O) groups is 1. The van der Waals surface area contributed by atoms with Gasteiger partial charge in [-0.3, -0.25) is 4.79 Å². The van der Waals surface area contributed by atoms with Crippen LogP contribution in [0.15, 0.2) is 42.6 Å². The third kappa shape index (κ3) is 2.51. The monoisotopic (exact) mass is 337 g/mol. The molecule has 0 aliphatic heterocycles. The average molecular weight is 337 g/mol. The Kier molecular flexibility index (Phi) is 3.81. The first-order chi connectivity index (χ1) is 12.1. The van der Waals surface area contributed by atoms with Crippen LogP contribution in [0, 0.1) is 5.82 Å². The average Bonchev–Trinajstić information content (AvgIpc) is 2.91. The Hall–Kier alpha value is -2.66. The van der Waals surface area contributed by atoms with E-state index in [1.54, 1.807) is 6.07 Å². The molecule has 0 spiro atoms. The van der Waals surface area contributed by atoms with Crippen molar-refractivity contribution in [1.29, 1.82) is 0 Å². The minimum atomic E-state index is -0.633. The maximum absolute atomic E-state index is 14.5. The first kappa shape index (κ1) is 15.8. The molecule has 4 rings (SSSR count). The normalized spacial score (nSPS) is 14.6. The van der Waals surface area contributed by atoms with Gasteiger partial charge in [0.15, 0.2) is 0 Å². The molecule has 25 heavy (non-hydrogen) atoms. The van der Waals surface area contributed by atoms with E-state index in [1.807, 2.05) is 18.2 Å². The van der Waals surface area contributed by atoms with Gasteiger partial charge in [-0.2, -0.15) is 0 Å². The lowest BCUT2D eigenvalue weighted by Gasteiger charge is -2.28. The molecule has 4 N–H and O–H groups in total. The van der Waals surface area contributed by atoms with Gasteiger partial charge < -0.3 is 16.0 Å². The SMILES string of the molecule is NCc1cn(C2CCC2)c2cc(-c3c(F)cccc3C(N)=O)ccc12. The molecule has 2 aromatic carbocycles. The summed E-state index contributed by atoms with van der Waals surface area (Å²) in [5, 5.41) is 1.08. The minimum Gasteiger partial charge on any atom is -0.366 e. The number of nitrogens with zero attached hydrogens (tertiary/aromatic N) is 1. The summed E-state index contributed by atoms with van der Waals surface area (Å²) >= 11 is 0. The van der Waals surface area contributed by atoms with Crippen LogP contribution >= 0.6 is 0 Å². The minimum absolute atomic E-state index is 0.195. The van der Waals surface area contributed by atoms with E-state index < -0.39 is 11.7 Å². The molecule has 5 heteroatoms. The van der Waals surface area contributed by atoms with Crippen LogP contribution in [0.4, 0.5) is 4.39 Å². The molecule has 0 unspecified atom stereocenters. The number of aromatic nitrogens is 1. The Morgan fingerprint density at radius 1 is 1.24 bits per heavy atom. The summed E-state index contributed by atoms with van der Waals surface area (Å²) in [7, 11) is 0. The Balaban J connectivity index is 1.94. The highest BCUT2D eigenvalue weighted by Gasteiger charge is 2.23. The van der Waals surface area contributed by atoms with Crippen LogP contribution in [0.3, 0.4) is 0 Å². The van der Waals surface area contributed by atoms with Crippen LogP contribution in [0.5, 0.6) is 0 Å². The van der Waals surface area contributed by atoms with Gasteiger partial charge in [0.2, 0.25) is 5.91 Å². The van der Waals surface area contributed by atoms with Gasteiger partial charge in [-0.15, -0.1) is 0 Å². The molecule has 1 aliphatic carbocycles. The third-order valence-electron chi connectivity index (χ3n) is 5.17. The fourth-order valence-electron chi connectivity index (χ4n) is 3.63. The first-order valence-electron chi connectivity index (χ1n) is 8.52. The standard InChI is InChI=1S/C20H20FN3O/c21-17-6-2-5-16(20(23)25)19(17)12-7-8-15-13(10-22)11-24(18(15)9-12)14-3-1-4-14/h2,5-9,11,14H,1,3-4,10,22H2,(H2,23,25). The Morgan fingerprint density at radius 2 is 2.04 bits per heavy atom. The fourth-order valence-corrected chi connectivity index (χ4v) is 3.63. The molecule has 1 saturated carbocycles. The molecule has 1 amide bonds. The van der Waals surface area contributed by atoms with Crippen molar-refractivity contribution in [2.45, 2.75) is 31.8 Å². The van der Waals surface area contributed by atoms with Gasteiger partial charge in [-0.05, 0) is 48.6 Å². The number of hydrogen-bond acceptors (Lipinski definition) is 2. The number of halogens is 1. The van der Waals surface area contributed by atoms with Crippen LogP contribution in [0.1, 0.15) is 41.2 Å². The summed E-state index contributed by atoms with van der Waals surface area (Å²) in [6, 6.07) is 10.6. The smallest absolute Gasteiger partial charge is 0.249 e. The van der Waals surface area contributed by atoms with E-state index in [0.717, 1.165) is 29.3 Å². The zero-order valence-corrected chi connectivity index (χ0v) is 13.8. The number of fused-ring (bicyclic) bond motifs is 1. The molecule has 1 heterocycles. The summed E-state index contributed by atoms with van der Waals surface area (Å²) in [6.45, 7) is 0.460. The molecule has 1 fully saturated rings. The lowest BCUT2D eigenvalue weighted by molar-refractivity contribution is 0.100. The van der Waals surface area contributed by atoms with Gasteiger partial charge in [0.1, 0.15) is 5.82 Å². The molecular weight excluding hydrogens is 317 g/mol. The predicted molar refractivity (Wildman–Crippen MR) is 96.6 cm³/mol. The Labute approximate surface area is 145 Å². The number of nitrogens with two attached hydrogens (primary N) is 2. The van der Waals surface area contributed by atoms with Gasteiger partial charge in [0, 0.05) is 40.8 Å². The van der Waals surface area contributed by atoms with Gasteiger partial charge in [-0.1, -0.05) is 18.2 Å². The van der Waals surface area contributed by atoms with E-state index >= 15 is 0 Å². The van der Waals surface area contributed by atoms with Crippen LogP contribution in [-0.2, 0) is 6.54 Å².